The summed E-state index contributed by atoms with van der Waals surface area (Å²) in [5.74, 6) is -2.43. The monoisotopic (exact) mass is 349 g/mol. The van der Waals surface area contributed by atoms with Crippen molar-refractivity contribution in [1.29, 1.82) is 0 Å². The molecule has 0 spiro atoms. The number of aryl methyl sites for hydroxylation is 1. The highest BCUT2D eigenvalue weighted by atomic mass is 32.2. The van der Waals surface area contributed by atoms with E-state index in [0.29, 0.717) is 0 Å². The van der Waals surface area contributed by atoms with Crippen molar-refractivity contribution in [1.82, 2.24) is 4.31 Å². The Morgan fingerprint density at radius 2 is 1.52 bits per heavy atom. The number of halogens is 3. The van der Waals surface area contributed by atoms with Gasteiger partial charge in [0.1, 0.15) is 0 Å². The van der Waals surface area contributed by atoms with Gasteiger partial charge >= 0.3 is 6.18 Å². The van der Waals surface area contributed by atoms with E-state index in [4.69, 9.17) is 0 Å². The van der Waals surface area contributed by atoms with Gasteiger partial charge in [-0.3, -0.25) is 4.79 Å². The van der Waals surface area contributed by atoms with Crippen LogP contribution in [0.15, 0.2) is 29.2 Å². The third-order valence-corrected chi connectivity index (χ3v) is 5.69. The maximum Gasteiger partial charge on any atom is 0.410 e. The Hall–Kier alpha value is -1.57. The normalized spacial score (nSPS) is 22.9. The standard InChI is InChI=1S/C15H18F3NO3S/c1-9-5-7-10(8-6-9)23(21,22)19-12(15(16,17)18)11(13(19)20)14(2,3)4/h5-8,11-12H,1-4H3/t11-,12+/m1/s1. The quantitative estimate of drug-likeness (QED) is 0.771. The maximum absolute atomic E-state index is 13.4. The fraction of sp³-hybridized carbons (Fsp3) is 0.533. The fourth-order valence-corrected chi connectivity index (χ4v) is 4.32. The zero-order valence-electron chi connectivity index (χ0n) is 13.2. The third-order valence-electron chi connectivity index (χ3n) is 3.90. The van der Waals surface area contributed by atoms with E-state index >= 15 is 0 Å². The molecule has 0 N–H and O–H groups in total. The van der Waals surface area contributed by atoms with Gasteiger partial charge < -0.3 is 0 Å². The first kappa shape index (κ1) is 17.8. The molecule has 1 aliphatic rings. The van der Waals surface area contributed by atoms with E-state index in [9.17, 15) is 26.4 Å². The topological polar surface area (TPSA) is 54.5 Å². The predicted octanol–water partition coefficient (Wildman–Crippen LogP) is 3.12. The lowest BCUT2D eigenvalue weighted by Gasteiger charge is -2.51. The van der Waals surface area contributed by atoms with E-state index in [1.54, 1.807) is 6.92 Å². The second-order valence-corrected chi connectivity index (χ2v) is 8.60. The summed E-state index contributed by atoms with van der Waals surface area (Å²) in [5.41, 5.74) is -0.227. The highest BCUT2D eigenvalue weighted by Gasteiger charge is 2.67. The Morgan fingerprint density at radius 3 is 1.91 bits per heavy atom. The Labute approximate surface area is 133 Å². The zero-order valence-corrected chi connectivity index (χ0v) is 14.0. The number of alkyl halides is 3. The molecule has 1 fully saturated rings. The molecule has 1 amide bonds. The third kappa shape index (κ3) is 2.96. The van der Waals surface area contributed by atoms with Crippen LogP contribution in [0, 0.1) is 18.3 Å². The number of carbonyl (C=O) groups excluding carboxylic acids is 1. The van der Waals surface area contributed by atoms with E-state index in [1.165, 1.54) is 45.0 Å². The SMILES string of the molecule is Cc1ccc(S(=O)(=O)N2C(=O)[C@H](C(C)(C)C)[C@H]2C(F)(F)F)cc1. The van der Waals surface area contributed by atoms with Gasteiger partial charge in [-0.25, -0.2) is 12.7 Å². The average Bonchev–Trinajstić information content (AvgIpc) is 2.32. The van der Waals surface area contributed by atoms with Gasteiger partial charge in [-0.2, -0.15) is 13.2 Å². The van der Waals surface area contributed by atoms with Crippen LogP contribution in [0.1, 0.15) is 26.3 Å². The van der Waals surface area contributed by atoms with Crippen LogP contribution >= 0.6 is 0 Å². The second-order valence-electron chi connectivity index (χ2n) is 6.78. The van der Waals surface area contributed by atoms with Crippen molar-refractivity contribution in [3.63, 3.8) is 0 Å². The summed E-state index contributed by atoms with van der Waals surface area (Å²) in [7, 11) is -4.53. The molecule has 8 heteroatoms. The van der Waals surface area contributed by atoms with Crippen molar-refractivity contribution in [3.8, 4) is 0 Å². The molecular weight excluding hydrogens is 331 g/mol. The molecule has 0 aliphatic carbocycles. The molecule has 2 atom stereocenters. The molecule has 1 saturated heterocycles. The summed E-state index contributed by atoms with van der Waals surface area (Å²) in [5, 5.41) is 0. The Balaban J connectivity index is 2.49. The van der Waals surface area contributed by atoms with Gasteiger partial charge in [-0.05, 0) is 24.5 Å². The fourth-order valence-electron chi connectivity index (χ4n) is 2.72. The van der Waals surface area contributed by atoms with Gasteiger partial charge in [0.15, 0.2) is 6.04 Å². The number of nitrogens with zero attached hydrogens (tertiary/aromatic N) is 1. The Bertz CT molecular complexity index is 718. The Kier molecular flexibility index (Phi) is 4.04. The number of hydrogen-bond donors (Lipinski definition) is 0. The minimum atomic E-state index is -4.82. The molecule has 2 rings (SSSR count). The van der Waals surface area contributed by atoms with Crippen molar-refractivity contribution in [2.45, 2.75) is 44.8 Å². The number of hydrogen-bond acceptors (Lipinski definition) is 3. The molecule has 1 aromatic carbocycles. The maximum atomic E-state index is 13.4. The van der Waals surface area contributed by atoms with Crippen LogP contribution in [0.4, 0.5) is 13.2 Å². The summed E-state index contributed by atoms with van der Waals surface area (Å²) in [4.78, 5) is 11.9. The van der Waals surface area contributed by atoms with Crippen molar-refractivity contribution >= 4 is 15.9 Å². The minimum absolute atomic E-state index is 0.0203. The number of carbonyl (C=O) groups is 1. The van der Waals surface area contributed by atoms with Crippen LogP contribution in [0.5, 0.6) is 0 Å². The predicted molar refractivity (Wildman–Crippen MR) is 78.0 cm³/mol. The van der Waals surface area contributed by atoms with Crippen molar-refractivity contribution in [2.24, 2.45) is 11.3 Å². The molecule has 0 bridgehead atoms. The number of rotatable bonds is 2. The van der Waals surface area contributed by atoms with Crippen molar-refractivity contribution < 1.29 is 26.4 Å². The average molecular weight is 349 g/mol. The van der Waals surface area contributed by atoms with Crippen LogP contribution in [0.3, 0.4) is 0 Å². The van der Waals surface area contributed by atoms with Gasteiger partial charge in [-0.1, -0.05) is 38.5 Å². The molecular formula is C15H18F3NO3S. The first-order chi connectivity index (χ1) is 10.3. The zero-order chi connectivity index (χ0) is 17.8. The highest BCUT2D eigenvalue weighted by molar-refractivity contribution is 7.89. The molecule has 23 heavy (non-hydrogen) atoms. The van der Waals surface area contributed by atoms with E-state index < -0.39 is 39.5 Å². The molecule has 0 saturated carbocycles. The van der Waals surface area contributed by atoms with E-state index in [0.717, 1.165) is 5.56 Å². The number of amides is 1. The number of benzene rings is 1. The molecule has 1 heterocycles. The summed E-state index contributed by atoms with van der Waals surface area (Å²) in [6.45, 7) is 6.19. The lowest BCUT2D eigenvalue weighted by Crippen LogP contribution is -2.71. The van der Waals surface area contributed by atoms with Gasteiger partial charge in [0.05, 0.1) is 10.8 Å². The van der Waals surface area contributed by atoms with Crippen LogP contribution in [-0.2, 0) is 14.8 Å². The van der Waals surface area contributed by atoms with Gasteiger partial charge in [-0.15, -0.1) is 0 Å². The molecule has 1 aliphatic heterocycles. The van der Waals surface area contributed by atoms with Crippen molar-refractivity contribution in [2.75, 3.05) is 0 Å². The first-order valence-corrected chi connectivity index (χ1v) is 8.43. The molecule has 4 nitrogen and oxygen atoms in total. The van der Waals surface area contributed by atoms with Gasteiger partial charge in [0, 0.05) is 0 Å². The lowest BCUT2D eigenvalue weighted by molar-refractivity contribution is -0.225. The smallest absolute Gasteiger partial charge is 0.273 e. The molecule has 0 unspecified atom stereocenters. The van der Waals surface area contributed by atoms with Crippen LogP contribution < -0.4 is 0 Å². The van der Waals surface area contributed by atoms with Crippen molar-refractivity contribution in [3.05, 3.63) is 29.8 Å². The largest absolute Gasteiger partial charge is 0.410 e. The summed E-state index contributed by atoms with van der Waals surface area (Å²) in [6.07, 6.45) is -4.82. The van der Waals surface area contributed by atoms with Gasteiger partial charge in [0.25, 0.3) is 10.0 Å². The summed E-state index contributed by atoms with van der Waals surface area (Å²) < 4.78 is 65.0. The second kappa shape index (κ2) is 5.22. The number of sulfonamides is 1. The first-order valence-electron chi connectivity index (χ1n) is 6.99. The molecule has 0 radical (unpaired) electrons. The number of β-lactam (4-membered cyclic amide) rings is 1. The molecule has 128 valence electrons. The summed E-state index contributed by atoms with van der Waals surface area (Å²) in [6, 6.07) is 3.02. The highest BCUT2D eigenvalue weighted by Crippen LogP contribution is 2.49. The molecule has 1 aromatic rings. The van der Waals surface area contributed by atoms with E-state index in [1.807, 2.05) is 0 Å². The Morgan fingerprint density at radius 1 is 1.04 bits per heavy atom. The minimum Gasteiger partial charge on any atom is -0.273 e. The van der Waals surface area contributed by atoms with E-state index in [2.05, 4.69) is 0 Å². The molecule has 0 aromatic heterocycles. The lowest BCUT2D eigenvalue weighted by atomic mass is 9.71. The van der Waals surface area contributed by atoms with Crippen LogP contribution in [0.25, 0.3) is 0 Å². The summed E-state index contributed by atoms with van der Waals surface area (Å²) >= 11 is 0. The van der Waals surface area contributed by atoms with Crippen LogP contribution in [-0.4, -0.2) is 30.8 Å². The van der Waals surface area contributed by atoms with Gasteiger partial charge in [0.2, 0.25) is 5.91 Å². The van der Waals surface area contributed by atoms with E-state index in [-0.39, 0.29) is 9.20 Å². The van der Waals surface area contributed by atoms with Crippen LogP contribution in [0.2, 0.25) is 0 Å².